The molecule has 6 heteroatoms. The molecule has 33 heavy (non-hydrogen) atoms. The summed E-state index contributed by atoms with van der Waals surface area (Å²) >= 11 is 0. The SMILES string of the molecule is O=C1CCC(N2Cc3cc(C[C@H]4CCCCC4NC4CCCCCC4)ccc3C2=O)C(=O)N1. The average molecular weight is 452 g/mol. The number of hydrogen-bond acceptors (Lipinski definition) is 4. The molecule has 2 aliphatic heterocycles. The van der Waals surface area contributed by atoms with Gasteiger partial charge in [0.15, 0.2) is 0 Å². The number of fused-ring (bicyclic) bond motifs is 1. The van der Waals surface area contributed by atoms with E-state index in [9.17, 15) is 14.4 Å². The van der Waals surface area contributed by atoms with Crippen molar-refractivity contribution in [1.29, 1.82) is 0 Å². The van der Waals surface area contributed by atoms with Crippen LogP contribution < -0.4 is 10.6 Å². The molecule has 2 heterocycles. The molecule has 5 rings (SSSR count). The van der Waals surface area contributed by atoms with Crippen LogP contribution in [0, 0.1) is 5.92 Å². The minimum Gasteiger partial charge on any atom is -0.322 e. The van der Waals surface area contributed by atoms with Crippen LogP contribution in [0.2, 0.25) is 0 Å². The number of piperidine rings is 1. The third-order valence-corrected chi connectivity index (χ3v) is 8.30. The summed E-state index contributed by atoms with van der Waals surface area (Å²) in [7, 11) is 0. The second kappa shape index (κ2) is 9.96. The van der Waals surface area contributed by atoms with Gasteiger partial charge in [-0.05, 0) is 61.6 Å². The number of rotatable bonds is 5. The molecule has 3 atom stereocenters. The molecule has 0 radical (unpaired) electrons. The molecule has 6 nitrogen and oxygen atoms in total. The van der Waals surface area contributed by atoms with Gasteiger partial charge >= 0.3 is 0 Å². The van der Waals surface area contributed by atoms with Crippen molar-refractivity contribution < 1.29 is 14.4 Å². The van der Waals surface area contributed by atoms with Gasteiger partial charge in [0.2, 0.25) is 11.8 Å². The second-order valence-electron chi connectivity index (χ2n) is 10.6. The number of benzene rings is 1. The second-order valence-corrected chi connectivity index (χ2v) is 10.6. The van der Waals surface area contributed by atoms with Gasteiger partial charge in [0, 0.05) is 30.6 Å². The van der Waals surface area contributed by atoms with Gasteiger partial charge in [-0.3, -0.25) is 19.7 Å². The highest BCUT2D eigenvalue weighted by molar-refractivity contribution is 6.05. The lowest BCUT2D eigenvalue weighted by Gasteiger charge is -2.35. The first-order chi connectivity index (χ1) is 16.1. The standard InChI is InChI=1S/C27H37N3O3/c31-25-14-13-24(26(32)29-25)30-17-20-16-18(11-12-22(20)27(30)33)15-19-7-5-6-10-23(19)28-21-8-3-1-2-4-9-21/h11-12,16,19,21,23-24,28H,1-10,13-15,17H2,(H,29,31,32)/t19-,23?,24?/m1/s1. The smallest absolute Gasteiger partial charge is 0.255 e. The van der Waals surface area contributed by atoms with Crippen molar-refractivity contribution in [1.82, 2.24) is 15.5 Å². The first-order valence-corrected chi connectivity index (χ1v) is 13.1. The van der Waals surface area contributed by atoms with Gasteiger partial charge in [-0.15, -0.1) is 0 Å². The summed E-state index contributed by atoms with van der Waals surface area (Å²) in [6, 6.07) is 6.99. The van der Waals surface area contributed by atoms with E-state index in [1.165, 1.54) is 69.8 Å². The van der Waals surface area contributed by atoms with Gasteiger partial charge in [-0.25, -0.2) is 0 Å². The van der Waals surface area contributed by atoms with Crippen molar-refractivity contribution in [2.24, 2.45) is 5.92 Å². The molecule has 3 amide bonds. The number of hydrogen-bond donors (Lipinski definition) is 2. The van der Waals surface area contributed by atoms with Crippen LogP contribution in [0.4, 0.5) is 0 Å². The van der Waals surface area contributed by atoms with Crippen LogP contribution in [-0.4, -0.2) is 40.7 Å². The Kier molecular flexibility index (Phi) is 6.81. The Morgan fingerprint density at radius 2 is 1.67 bits per heavy atom. The van der Waals surface area contributed by atoms with E-state index in [1.54, 1.807) is 4.90 Å². The predicted molar refractivity (Wildman–Crippen MR) is 127 cm³/mol. The minimum atomic E-state index is -0.544. The van der Waals surface area contributed by atoms with Gasteiger partial charge in [0.1, 0.15) is 6.04 Å². The zero-order valence-electron chi connectivity index (χ0n) is 19.6. The Morgan fingerprint density at radius 1 is 0.909 bits per heavy atom. The van der Waals surface area contributed by atoms with Crippen LogP contribution in [0.5, 0.6) is 0 Å². The van der Waals surface area contributed by atoms with Crippen molar-refractivity contribution in [3.8, 4) is 0 Å². The minimum absolute atomic E-state index is 0.0865. The number of carbonyl (C=O) groups is 3. The lowest BCUT2D eigenvalue weighted by atomic mass is 9.80. The van der Waals surface area contributed by atoms with Crippen molar-refractivity contribution in [2.45, 2.75) is 108 Å². The van der Waals surface area contributed by atoms with E-state index in [0.29, 0.717) is 43.0 Å². The van der Waals surface area contributed by atoms with Crippen LogP contribution >= 0.6 is 0 Å². The molecule has 0 bridgehead atoms. The molecule has 0 aromatic heterocycles. The zero-order chi connectivity index (χ0) is 22.8. The summed E-state index contributed by atoms with van der Waals surface area (Å²) in [5.74, 6) is -0.0375. The zero-order valence-corrected chi connectivity index (χ0v) is 19.6. The number of carbonyl (C=O) groups excluding carboxylic acids is 3. The van der Waals surface area contributed by atoms with E-state index >= 15 is 0 Å². The van der Waals surface area contributed by atoms with Crippen LogP contribution in [0.3, 0.4) is 0 Å². The topological polar surface area (TPSA) is 78.5 Å². The monoisotopic (exact) mass is 451 g/mol. The van der Waals surface area contributed by atoms with Gasteiger partial charge in [-0.2, -0.15) is 0 Å². The molecular formula is C27H37N3O3. The quantitative estimate of drug-likeness (QED) is 0.526. The summed E-state index contributed by atoms with van der Waals surface area (Å²) in [5, 5.41) is 6.43. The van der Waals surface area contributed by atoms with Crippen LogP contribution in [0.25, 0.3) is 0 Å². The Balaban J connectivity index is 1.25. The fraction of sp³-hybridized carbons (Fsp3) is 0.667. The highest BCUT2D eigenvalue weighted by atomic mass is 16.2. The lowest BCUT2D eigenvalue weighted by molar-refractivity contribution is -0.136. The van der Waals surface area contributed by atoms with Gasteiger partial charge < -0.3 is 10.2 Å². The molecule has 3 fully saturated rings. The van der Waals surface area contributed by atoms with Gasteiger partial charge in [0.25, 0.3) is 5.91 Å². The molecule has 2 N–H and O–H groups in total. The van der Waals surface area contributed by atoms with Crippen molar-refractivity contribution >= 4 is 17.7 Å². The summed E-state index contributed by atoms with van der Waals surface area (Å²) in [6.07, 6.45) is 15.0. The van der Waals surface area contributed by atoms with Crippen molar-refractivity contribution in [2.75, 3.05) is 0 Å². The first-order valence-electron chi connectivity index (χ1n) is 13.1. The maximum absolute atomic E-state index is 13.0. The molecule has 178 valence electrons. The third kappa shape index (κ3) is 5.01. The fourth-order valence-electron chi connectivity index (χ4n) is 6.48. The van der Waals surface area contributed by atoms with Crippen LogP contribution in [-0.2, 0) is 22.6 Å². The van der Waals surface area contributed by atoms with Gasteiger partial charge in [-0.1, -0.05) is 50.7 Å². The maximum atomic E-state index is 13.0. The third-order valence-electron chi connectivity index (χ3n) is 8.30. The molecule has 2 saturated carbocycles. The summed E-state index contributed by atoms with van der Waals surface area (Å²) in [5.41, 5.74) is 3.03. The molecule has 4 aliphatic rings. The van der Waals surface area contributed by atoms with E-state index < -0.39 is 6.04 Å². The number of amides is 3. The molecular weight excluding hydrogens is 414 g/mol. The Bertz CT molecular complexity index is 906. The van der Waals surface area contributed by atoms with Crippen molar-refractivity contribution in [3.63, 3.8) is 0 Å². The molecule has 1 saturated heterocycles. The van der Waals surface area contributed by atoms with Crippen LogP contribution in [0.15, 0.2) is 18.2 Å². The van der Waals surface area contributed by atoms with E-state index in [2.05, 4.69) is 22.8 Å². The molecule has 0 spiro atoms. The maximum Gasteiger partial charge on any atom is 0.255 e. The lowest BCUT2D eigenvalue weighted by Crippen LogP contribution is -2.52. The van der Waals surface area contributed by atoms with E-state index in [0.717, 1.165) is 12.0 Å². The largest absolute Gasteiger partial charge is 0.322 e. The van der Waals surface area contributed by atoms with E-state index in [4.69, 9.17) is 0 Å². The highest BCUT2D eigenvalue weighted by Crippen LogP contribution is 2.32. The summed E-state index contributed by atoms with van der Waals surface area (Å²) in [6.45, 7) is 0.461. The normalized spacial score (nSPS) is 29.0. The molecule has 1 aromatic carbocycles. The van der Waals surface area contributed by atoms with E-state index in [-0.39, 0.29) is 17.7 Å². The number of nitrogens with one attached hydrogen (secondary N) is 2. The summed E-state index contributed by atoms with van der Waals surface area (Å²) < 4.78 is 0. The highest BCUT2D eigenvalue weighted by Gasteiger charge is 2.39. The number of nitrogens with zero attached hydrogens (tertiary/aromatic N) is 1. The number of imide groups is 1. The Hall–Kier alpha value is -2.21. The predicted octanol–water partition coefficient (Wildman–Crippen LogP) is 3.86. The summed E-state index contributed by atoms with van der Waals surface area (Å²) in [4.78, 5) is 38.4. The van der Waals surface area contributed by atoms with Gasteiger partial charge in [0.05, 0.1) is 0 Å². The fourth-order valence-corrected chi connectivity index (χ4v) is 6.48. The van der Waals surface area contributed by atoms with Crippen molar-refractivity contribution in [3.05, 3.63) is 34.9 Å². The van der Waals surface area contributed by atoms with Crippen LogP contribution in [0.1, 0.15) is 98.5 Å². The average Bonchev–Trinajstić information content (AvgIpc) is 2.96. The Morgan fingerprint density at radius 3 is 2.45 bits per heavy atom. The molecule has 1 aromatic rings. The van der Waals surface area contributed by atoms with E-state index in [1.807, 2.05) is 6.07 Å². The molecule has 2 unspecified atom stereocenters. The molecule has 2 aliphatic carbocycles. The first kappa shape index (κ1) is 22.6. The Labute approximate surface area is 196 Å².